The molecule has 1 unspecified atom stereocenters. The summed E-state index contributed by atoms with van der Waals surface area (Å²) in [5.74, 6) is 0.507. The number of aromatic nitrogens is 2. The number of hydrogen-bond donors (Lipinski definition) is 1. The molecule has 1 atom stereocenters. The number of nitrogens with zero attached hydrogens (tertiary/aromatic N) is 2. The second kappa shape index (κ2) is 5.66. The molecule has 0 bridgehead atoms. The Hall–Kier alpha value is -2.20. The van der Waals surface area contributed by atoms with E-state index in [9.17, 15) is 4.39 Å². The summed E-state index contributed by atoms with van der Waals surface area (Å²) >= 11 is 0. The summed E-state index contributed by atoms with van der Waals surface area (Å²) in [6.07, 6.45) is 0.970. The Morgan fingerprint density at radius 1 is 1.19 bits per heavy atom. The molecule has 3 aromatic rings. The van der Waals surface area contributed by atoms with Crippen molar-refractivity contribution in [2.24, 2.45) is 5.73 Å². The Labute approximate surface area is 123 Å². The molecule has 0 fully saturated rings. The lowest BCUT2D eigenvalue weighted by atomic mass is 10.1. The van der Waals surface area contributed by atoms with Gasteiger partial charge in [-0.3, -0.25) is 0 Å². The van der Waals surface area contributed by atoms with E-state index in [1.807, 2.05) is 30.3 Å². The fraction of sp³-hybridized carbons (Fsp3) is 0.235. The first-order valence-corrected chi connectivity index (χ1v) is 7.17. The summed E-state index contributed by atoms with van der Waals surface area (Å²) in [5.41, 5.74) is 8.96. The fourth-order valence-corrected chi connectivity index (χ4v) is 2.63. The summed E-state index contributed by atoms with van der Waals surface area (Å²) in [7, 11) is 0. The fourth-order valence-electron chi connectivity index (χ4n) is 2.63. The lowest BCUT2D eigenvalue weighted by Crippen LogP contribution is -2.18. The van der Waals surface area contributed by atoms with E-state index in [4.69, 9.17) is 5.73 Å². The third kappa shape index (κ3) is 2.54. The van der Waals surface area contributed by atoms with Crippen molar-refractivity contribution in [3.63, 3.8) is 0 Å². The third-order valence-electron chi connectivity index (χ3n) is 3.62. The molecule has 0 radical (unpaired) electrons. The molecule has 21 heavy (non-hydrogen) atoms. The molecule has 2 N–H and O–H groups in total. The van der Waals surface area contributed by atoms with Gasteiger partial charge < -0.3 is 10.3 Å². The number of aryl methyl sites for hydroxylation is 1. The first-order chi connectivity index (χ1) is 10.2. The van der Waals surface area contributed by atoms with Crippen LogP contribution in [0.15, 0.2) is 48.5 Å². The van der Waals surface area contributed by atoms with Crippen molar-refractivity contribution in [2.45, 2.75) is 25.9 Å². The smallest absolute Gasteiger partial charge is 0.131 e. The van der Waals surface area contributed by atoms with Gasteiger partial charge in [0.25, 0.3) is 0 Å². The van der Waals surface area contributed by atoms with E-state index < -0.39 is 0 Å². The molecule has 0 saturated carbocycles. The summed E-state index contributed by atoms with van der Waals surface area (Å²) < 4.78 is 15.5. The van der Waals surface area contributed by atoms with Crippen LogP contribution in [0.25, 0.3) is 11.0 Å². The minimum Gasteiger partial charge on any atom is -0.326 e. The summed E-state index contributed by atoms with van der Waals surface area (Å²) in [4.78, 5) is 4.57. The molecule has 1 aromatic heterocycles. The molecule has 0 saturated heterocycles. The van der Waals surface area contributed by atoms with Crippen molar-refractivity contribution in [3.05, 3.63) is 65.7 Å². The maximum Gasteiger partial charge on any atom is 0.131 e. The van der Waals surface area contributed by atoms with E-state index >= 15 is 0 Å². The van der Waals surface area contributed by atoms with Crippen LogP contribution in [-0.4, -0.2) is 9.55 Å². The van der Waals surface area contributed by atoms with Crippen molar-refractivity contribution >= 4 is 11.0 Å². The summed E-state index contributed by atoms with van der Waals surface area (Å²) in [6.45, 7) is 2.92. The second-order valence-electron chi connectivity index (χ2n) is 5.14. The first-order valence-electron chi connectivity index (χ1n) is 7.17. The molecule has 3 rings (SSSR count). The highest BCUT2D eigenvalue weighted by atomic mass is 19.1. The van der Waals surface area contributed by atoms with Gasteiger partial charge in [0.05, 0.1) is 17.1 Å². The Morgan fingerprint density at radius 3 is 2.67 bits per heavy atom. The Kier molecular flexibility index (Phi) is 3.71. The van der Waals surface area contributed by atoms with Crippen molar-refractivity contribution in [1.29, 1.82) is 0 Å². The molecule has 0 aliphatic carbocycles. The SMILES string of the molecule is CCCn1c(C(N)c2ccccc2)nc2cc(F)ccc21. The van der Waals surface area contributed by atoms with E-state index in [0.717, 1.165) is 29.9 Å². The number of benzene rings is 2. The number of hydrogen-bond acceptors (Lipinski definition) is 2. The van der Waals surface area contributed by atoms with Gasteiger partial charge in [-0.2, -0.15) is 0 Å². The van der Waals surface area contributed by atoms with Crippen molar-refractivity contribution in [2.75, 3.05) is 0 Å². The molecular weight excluding hydrogens is 265 g/mol. The van der Waals surface area contributed by atoms with Gasteiger partial charge >= 0.3 is 0 Å². The number of rotatable bonds is 4. The van der Waals surface area contributed by atoms with E-state index in [-0.39, 0.29) is 11.9 Å². The molecule has 108 valence electrons. The number of fused-ring (bicyclic) bond motifs is 1. The minimum absolute atomic E-state index is 0.275. The van der Waals surface area contributed by atoms with Gasteiger partial charge in [0.15, 0.2) is 0 Å². The number of imidazole rings is 1. The van der Waals surface area contributed by atoms with Crippen molar-refractivity contribution < 1.29 is 4.39 Å². The van der Waals surface area contributed by atoms with Crippen LogP contribution in [0.3, 0.4) is 0 Å². The zero-order valence-corrected chi connectivity index (χ0v) is 12.0. The van der Waals surface area contributed by atoms with E-state index in [1.165, 1.54) is 12.1 Å². The number of nitrogens with two attached hydrogens (primary N) is 1. The quantitative estimate of drug-likeness (QED) is 0.794. The van der Waals surface area contributed by atoms with Gasteiger partial charge in [-0.05, 0) is 24.1 Å². The largest absolute Gasteiger partial charge is 0.326 e. The molecular formula is C17H18FN3. The molecule has 0 aliphatic heterocycles. The zero-order valence-electron chi connectivity index (χ0n) is 12.0. The van der Waals surface area contributed by atoms with Gasteiger partial charge in [-0.1, -0.05) is 37.3 Å². The van der Waals surface area contributed by atoms with Gasteiger partial charge in [-0.15, -0.1) is 0 Å². The van der Waals surface area contributed by atoms with Gasteiger partial charge in [0, 0.05) is 12.6 Å². The van der Waals surface area contributed by atoms with Crippen LogP contribution in [0.4, 0.5) is 4.39 Å². The highest BCUT2D eigenvalue weighted by molar-refractivity contribution is 5.76. The van der Waals surface area contributed by atoms with Crippen LogP contribution in [0, 0.1) is 5.82 Å². The topological polar surface area (TPSA) is 43.8 Å². The van der Waals surface area contributed by atoms with E-state index in [1.54, 1.807) is 6.07 Å². The maximum absolute atomic E-state index is 13.4. The standard InChI is InChI=1S/C17H18FN3/c1-2-10-21-15-9-8-13(18)11-14(15)20-17(21)16(19)12-6-4-3-5-7-12/h3-9,11,16H,2,10,19H2,1H3. The average molecular weight is 283 g/mol. The second-order valence-corrected chi connectivity index (χ2v) is 5.14. The Bertz CT molecular complexity index is 749. The highest BCUT2D eigenvalue weighted by Gasteiger charge is 2.18. The van der Waals surface area contributed by atoms with Crippen LogP contribution in [0.5, 0.6) is 0 Å². The number of halogens is 1. The summed E-state index contributed by atoms with van der Waals surface area (Å²) in [5, 5.41) is 0. The molecule has 4 heteroatoms. The minimum atomic E-state index is -0.312. The van der Waals surface area contributed by atoms with Crippen molar-refractivity contribution in [3.8, 4) is 0 Å². The Balaban J connectivity index is 2.14. The van der Waals surface area contributed by atoms with Gasteiger partial charge in [0.1, 0.15) is 11.6 Å². The van der Waals surface area contributed by atoms with Crippen LogP contribution in [0.1, 0.15) is 30.8 Å². The van der Waals surface area contributed by atoms with Gasteiger partial charge in [-0.25, -0.2) is 9.37 Å². The highest BCUT2D eigenvalue weighted by Crippen LogP contribution is 2.25. The summed E-state index contributed by atoms with van der Waals surface area (Å²) in [6, 6.07) is 14.2. The van der Waals surface area contributed by atoms with Crippen LogP contribution < -0.4 is 5.73 Å². The molecule has 2 aromatic carbocycles. The van der Waals surface area contributed by atoms with Crippen LogP contribution >= 0.6 is 0 Å². The third-order valence-corrected chi connectivity index (χ3v) is 3.62. The van der Waals surface area contributed by atoms with E-state index in [0.29, 0.717) is 5.52 Å². The lowest BCUT2D eigenvalue weighted by Gasteiger charge is -2.14. The maximum atomic E-state index is 13.4. The zero-order chi connectivity index (χ0) is 14.8. The lowest BCUT2D eigenvalue weighted by molar-refractivity contribution is 0.625. The van der Waals surface area contributed by atoms with Gasteiger partial charge in [0.2, 0.25) is 0 Å². The predicted molar refractivity (Wildman–Crippen MR) is 82.5 cm³/mol. The predicted octanol–water partition coefficient (Wildman–Crippen LogP) is 3.63. The van der Waals surface area contributed by atoms with Crippen LogP contribution in [-0.2, 0) is 6.54 Å². The van der Waals surface area contributed by atoms with Crippen LogP contribution in [0.2, 0.25) is 0 Å². The molecule has 0 spiro atoms. The molecule has 0 amide bonds. The monoisotopic (exact) mass is 283 g/mol. The molecule has 1 heterocycles. The van der Waals surface area contributed by atoms with E-state index in [2.05, 4.69) is 16.5 Å². The Morgan fingerprint density at radius 2 is 1.95 bits per heavy atom. The molecule has 0 aliphatic rings. The van der Waals surface area contributed by atoms with Crippen molar-refractivity contribution in [1.82, 2.24) is 9.55 Å². The molecule has 3 nitrogen and oxygen atoms in total. The first kappa shape index (κ1) is 13.8. The normalized spacial score (nSPS) is 12.7. The average Bonchev–Trinajstić information content (AvgIpc) is 2.85.